The van der Waals surface area contributed by atoms with Gasteiger partial charge in [-0.05, 0) is 18.2 Å². The van der Waals surface area contributed by atoms with Crippen LogP contribution in [0.1, 0.15) is 27.3 Å². The van der Waals surface area contributed by atoms with E-state index in [1.165, 1.54) is 12.3 Å². The molecule has 0 bridgehead atoms. The van der Waals surface area contributed by atoms with Gasteiger partial charge in [0, 0.05) is 17.1 Å². The van der Waals surface area contributed by atoms with Crippen LogP contribution >= 0.6 is 0 Å². The summed E-state index contributed by atoms with van der Waals surface area (Å²) in [4.78, 5) is 18.7. The van der Waals surface area contributed by atoms with Gasteiger partial charge < -0.3 is 4.98 Å². The van der Waals surface area contributed by atoms with Gasteiger partial charge in [-0.1, -0.05) is 18.2 Å². The van der Waals surface area contributed by atoms with Crippen LogP contribution in [0.25, 0.3) is 10.9 Å². The molecule has 0 unspecified atom stereocenters. The average molecular weight is 315 g/mol. The number of para-hydroxylation sites is 1. The summed E-state index contributed by atoms with van der Waals surface area (Å²) in [6.45, 7) is 0. The Morgan fingerprint density at radius 1 is 1.17 bits per heavy atom. The normalized spacial score (nSPS) is 11.4. The van der Waals surface area contributed by atoms with E-state index >= 15 is 0 Å². The molecule has 4 nitrogen and oxygen atoms in total. The lowest BCUT2D eigenvalue weighted by atomic mass is 10.0. The number of rotatable bonds is 2. The van der Waals surface area contributed by atoms with Crippen molar-refractivity contribution in [2.75, 3.05) is 0 Å². The zero-order valence-corrected chi connectivity index (χ0v) is 11.5. The lowest BCUT2D eigenvalue weighted by Crippen LogP contribution is -2.12. The number of H-pyrrole nitrogens is 1. The Bertz CT molecular complexity index is 951. The van der Waals surface area contributed by atoms with E-state index in [9.17, 15) is 18.0 Å². The number of aromatic amines is 1. The fourth-order valence-corrected chi connectivity index (χ4v) is 2.29. The SMILES string of the molecule is N#Cc1cccc2c(C(=O)c3cccc(C(F)(F)F)n3)c[nH]c12. The van der Waals surface area contributed by atoms with Crippen molar-refractivity contribution in [1.29, 1.82) is 5.26 Å². The lowest BCUT2D eigenvalue weighted by Gasteiger charge is -2.06. The van der Waals surface area contributed by atoms with Crippen molar-refractivity contribution in [3.63, 3.8) is 0 Å². The number of hydrogen-bond donors (Lipinski definition) is 1. The Balaban J connectivity index is 2.10. The number of aromatic nitrogens is 2. The fourth-order valence-electron chi connectivity index (χ4n) is 2.29. The van der Waals surface area contributed by atoms with Crippen molar-refractivity contribution in [2.45, 2.75) is 6.18 Å². The number of ketones is 1. The zero-order chi connectivity index (χ0) is 16.6. The summed E-state index contributed by atoms with van der Waals surface area (Å²) in [6, 6.07) is 9.95. The molecule has 1 aromatic carbocycles. The topological polar surface area (TPSA) is 69.5 Å². The Hall–Kier alpha value is -3.14. The van der Waals surface area contributed by atoms with Crippen LogP contribution in [-0.2, 0) is 6.18 Å². The van der Waals surface area contributed by atoms with Crippen LogP contribution in [0.15, 0.2) is 42.6 Å². The van der Waals surface area contributed by atoms with Gasteiger partial charge in [0.05, 0.1) is 11.1 Å². The first-order valence-electron chi connectivity index (χ1n) is 6.51. The number of carbonyl (C=O) groups excluding carboxylic acids is 1. The Morgan fingerprint density at radius 2 is 1.91 bits per heavy atom. The summed E-state index contributed by atoms with van der Waals surface area (Å²) in [7, 11) is 0. The highest BCUT2D eigenvalue weighted by Gasteiger charge is 2.33. The van der Waals surface area contributed by atoms with Gasteiger partial charge in [-0.3, -0.25) is 4.79 Å². The summed E-state index contributed by atoms with van der Waals surface area (Å²) in [5.41, 5.74) is -0.447. The third-order valence-electron chi connectivity index (χ3n) is 3.35. The quantitative estimate of drug-likeness (QED) is 0.733. The van der Waals surface area contributed by atoms with Crippen LogP contribution in [0.5, 0.6) is 0 Å². The number of hydrogen-bond acceptors (Lipinski definition) is 3. The lowest BCUT2D eigenvalue weighted by molar-refractivity contribution is -0.141. The molecule has 3 aromatic rings. The molecule has 0 saturated heterocycles. The highest BCUT2D eigenvalue weighted by molar-refractivity contribution is 6.15. The van der Waals surface area contributed by atoms with E-state index in [1.807, 2.05) is 6.07 Å². The molecule has 0 saturated carbocycles. The molecule has 114 valence electrons. The molecule has 0 aliphatic carbocycles. The van der Waals surface area contributed by atoms with E-state index in [1.54, 1.807) is 18.2 Å². The smallest absolute Gasteiger partial charge is 0.359 e. The first kappa shape index (κ1) is 14.8. The van der Waals surface area contributed by atoms with E-state index < -0.39 is 17.7 Å². The molecule has 2 heterocycles. The number of nitriles is 1. The number of alkyl halides is 3. The van der Waals surface area contributed by atoms with Gasteiger partial charge in [-0.25, -0.2) is 4.98 Å². The summed E-state index contributed by atoms with van der Waals surface area (Å²) < 4.78 is 38.1. The number of fused-ring (bicyclic) bond motifs is 1. The van der Waals surface area contributed by atoms with Crippen molar-refractivity contribution < 1.29 is 18.0 Å². The predicted molar refractivity (Wildman–Crippen MR) is 75.7 cm³/mol. The average Bonchev–Trinajstić information content (AvgIpc) is 2.97. The molecular weight excluding hydrogens is 307 g/mol. The molecule has 0 radical (unpaired) electrons. The van der Waals surface area contributed by atoms with Gasteiger partial charge in [-0.15, -0.1) is 0 Å². The molecule has 0 spiro atoms. The Morgan fingerprint density at radius 3 is 2.61 bits per heavy atom. The maximum Gasteiger partial charge on any atom is 0.433 e. The highest BCUT2D eigenvalue weighted by Crippen LogP contribution is 2.28. The van der Waals surface area contributed by atoms with E-state index in [2.05, 4.69) is 9.97 Å². The maximum atomic E-state index is 12.7. The molecule has 3 rings (SSSR count). The number of nitrogens with one attached hydrogen (secondary N) is 1. The monoisotopic (exact) mass is 315 g/mol. The number of halogens is 3. The van der Waals surface area contributed by atoms with Crippen LogP contribution in [0.2, 0.25) is 0 Å². The molecule has 0 aliphatic heterocycles. The van der Waals surface area contributed by atoms with E-state index in [4.69, 9.17) is 5.26 Å². The fraction of sp³-hybridized carbons (Fsp3) is 0.0625. The van der Waals surface area contributed by atoms with Gasteiger partial charge in [0.25, 0.3) is 0 Å². The second kappa shape index (κ2) is 5.25. The van der Waals surface area contributed by atoms with Gasteiger partial charge in [0.2, 0.25) is 5.78 Å². The second-order valence-electron chi connectivity index (χ2n) is 4.78. The summed E-state index contributed by atoms with van der Waals surface area (Å²) >= 11 is 0. The molecular formula is C16H8F3N3O. The Labute approximate surface area is 128 Å². The van der Waals surface area contributed by atoms with Crippen LogP contribution < -0.4 is 0 Å². The Kier molecular flexibility index (Phi) is 3.37. The number of benzene rings is 1. The highest BCUT2D eigenvalue weighted by atomic mass is 19.4. The maximum absolute atomic E-state index is 12.7. The number of nitrogens with zero attached hydrogens (tertiary/aromatic N) is 2. The molecule has 2 aromatic heterocycles. The molecule has 23 heavy (non-hydrogen) atoms. The van der Waals surface area contributed by atoms with Crippen molar-refractivity contribution in [1.82, 2.24) is 9.97 Å². The molecule has 0 atom stereocenters. The van der Waals surface area contributed by atoms with Gasteiger partial charge in [-0.2, -0.15) is 18.4 Å². The third kappa shape index (κ3) is 2.55. The first-order chi connectivity index (χ1) is 10.9. The zero-order valence-electron chi connectivity index (χ0n) is 11.5. The van der Waals surface area contributed by atoms with Gasteiger partial charge >= 0.3 is 6.18 Å². The minimum absolute atomic E-state index is 0.170. The first-order valence-corrected chi connectivity index (χ1v) is 6.51. The summed E-state index contributed by atoms with van der Waals surface area (Å²) in [5.74, 6) is -0.641. The van der Waals surface area contributed by atoms with Crippen molar-refractivity contribution in [3.05, 3.63) is 65.1 Å². The molecule has 0 aliphatic rings. The number of carbonyl (C=O) groups is 1. The second-order valence-corrected chi connectivity index (χ2v) is 4.78. The summed E-state index contributed by atoms with van der Waals surface area (Å²) in [6.07, 6.45) is -3.25. The molecule has 0 fully saturated rings. The predicted octanol–water partition coefficient (Wildman–Crippen LogP) is 3.68. The summed E-state index contributed by atoms with van der Waals surface area (Å²) in [5, 5.41) is 9.50. The van der Waals surface area contributed by atoms with Crippen LogP contribution in [0.4, 0.5) is 13.2 Å². The molecule has 0 amide bonds. The van der Waals surface area contributed by atoms with E-state index in [0.29, 0.717) is 16.5 Å². The van der Waals surface area contributed by atoms with Crippen molar-refractivity contribution in [2.24, 2.45) is 0 Å². The number of pyridine rings is 1. The minimum atomic E-state index is -4.62. The van der Waals surface area contributed by atoms with Crippen LogP contribution in [0, 0.1) is 11.3 Å². The van der Waals surface area contributed by atoms with Crippen molar-refractivity contribution in [3.8, 4) is 6.07 Å². The standard InChI is InChI=1S/C16H8F3N3O/c17-16(18,19)13-6-2-5-12(22-13)15(23)11-8-21-14-9(7-20)3-1-4-10(11)14/h1-6,8,21H. The minimum Gasteiger partial charge on any atom is -0.359 e. The largest absolute Gasteiger partial charge is 0.433 e. The van der Waals surface area contributed by atoms with Gasteiger partial charge in [0.15, 0.2) is 0 Å². The third-order valence-corrected chi connectivity index (χ3v) is 3.35. The van der Waals surface area contributed by atoms with Crippen LogP contribution in [-0.4, -0.2) is 15.8 Å². The molecule has 7 heteroatoms. The van der Waals surface area contributed by atoms with Gasteiger partial charge in [0.1, 0.15) is 17.5 Å². The van der Waals surface area contributed by atoms with Crippen LogP contribution in [0.3, 0.4) is 0 Å². The van der Waals surface area contributed by atoms with Crippen molar-refractivity contribution >= 4 is 16.7 Å². The molecule has 1 N–H and O–H groups in total. The van der Waals surface area contributed by atoms with E-state index in [-0.39, 0.29) is 11.3 Å². The van der Waals surface area contributed by atoms with E-state index in [0.717, 1.165) is 12.1 Å².